The van der Waals surface area contributed by atoms with E-state index in [1.54, 1.807) is 0 Å². The predicted molar refractivity (Wildman–Crippen MR) is 128 cm³/mol. The highest BCUT2D eigenvalue weighted by Crippen LogP contribution is 2.39. The van der Waals surface area contributed by atoms with Crippen LogP contribution in [0, 0.1) is 5.41 Å². The summed E-state index contributed by atoms with van der Waals surface area (Å²) >= 11 is 1.87. The van der Waals surface area contributed by atoms with Crippen LogP contribution >= 0.6 is 11.3 Å². The minimum absolute atomic E-state index is 0.0559. The molecule has 1 aliphatic rings. The molecule has 0 atom stereocenters. The topological polar surface area (TPSA) is 4.93 Å². The summed E-state index contributed by atoms with van der Waals surface area (Å²) in [5.41, 5.74) is 5.10. The number of para-hydroxylation sites is 1. The van der Waals surface area contributed by atoms with E-state index in [2.05, 4.69) is 109 Å². The zero-order valence-electron chi connectivity index (χ0n) is 16.5. The molecule has 0 saturated heterocycles. The van der Waals surface area contributed by atoms with Gasteiger partial charge in [-0.25, -0.2) is 0 Å². The summed E-state index contributed by atoms with van der Waals surface area (Å²) in [6, 6.07) is 24.3. The Hall–Kier alpha value is -3.10. The Balaban J connectivity index is 1.67. The number of allylic oxidation sites excluding steroid dienone is 2. The summed E-state index contributed by atoms with van der Waals surface area (Å²) in [6.45, 7) is 4.50. The maximum absolute atomic E-state index is 2.41. The van der Waals surface area contributed by atoms with Crippen molar-refractivity contribution in [3.8, 4) is 5.69 Å². The molecule has 29 heavy (non-hydrogen) atoms. The van der Waals surface area contributed by atoms with E-state index in [0.717, 1.165) is 0 Å². The molecular weight excluding hydrogens is 370 g/mol. The second kappa shape index (κ2) is 5.95. The molecule has 3 aromatic carbocycles. The van der Waals surface area contributed by atoms with Gasteiger partial charge in [-0.1, -0.05) is 74.5 Å². The van der Waals surface area contributed by atoms with Gasteiger partial charge in [-0.2, -0.15) is 0 Å². The average Bonchev–Trinajstić information content (AvgIpc) is 3.20. The number of benzene rings is 3. The van der Waals surface area contributed by atoms with Crippen LogP contribution < -0.4 is 0 Å². The fraction of sp³-hybridized carbons (Fsp3) is 0.111. The van der Waals surface area contributed by atoms with Crippen molar-refractivity contribution < 1.29 is 0 Å². The maximum Gasteiger partial charge on any atom is 0.0541 e. The quantitative estimate of drug-likeness (QED) is 0.272. The second-order valence-corrected chi connectivity index (χ2v) is 9.50. The molecule has 0 bridgehead atoms. The van der Waals surface area contributed by atoms with Gasteiger partial charge in [-0.15, -0.1) is 11.3 Å². The Kier molecular flexibility index (Phi) is 3.45. The van der Waals surface area contributed by atoms with Crippen molar-refractivity contribution in [1.29, 1.82) is 0 Å². The number of aromatic nitrogens is 1. The normalized spacial score (nSPS) is 15.2. The van der Waals surface area contributed by atoms with Gasteiger partial charge in [0, 0.05) is 42.2 Å². The molecule has 2 aromatic heterocycles. The number of thiophene rings is 1. The second-order valence-electron chi connectivity index (χ2n) is 8.42. The summed E-state index contributed by atoms with van der Waals surface area (Å²) in [5.74, 6) is 0. The molecule has 0 N–H and O–H groups in total. The molecule has 0 aliphatic heterocycles. The first-order chi connectivity index (χ1) is 14.1. The fourth-order valence-electron chi connectivity index (χ4n) is 4.40. The van der Waals surface area contributed by atoms with Gasteiger partial charge in [0.15, 0.2) is 0 Å². The van der Waals surface area contributed by atoms with Crippen LogP contribution in [-0.4, -0.2) is 4.57 Å². The molecule has 1 nitrogen and oxygen atoms in total. The summed E-state index contributed by atoms with van der Waals surface area (Å²) in [4.78, 5) is 0. The van der Waals surface area contributed by atoms with Gasteiger partial charge < -0.3 is 4.57 Å². The standard InChI is InChI=1S/C27H21NS/c1-27(2)15-13-20-19-7-3-5-9-23(19)28(24(20)14-16-27)18-11-12-22-21-8-4-6-10-25(21)29-26(22)17-18/h3-17H,1-2H3. The van der Waals surface area contributed by atoms with Crippen LogP contribution in [0.15, 0.2) is 78.9 Å². The number of nitrogens with zero attached hydrogens (tertiary/aromatic N) is 1. The number of rotatable bonds is 1. The summed E-state index contributed by atoms with van der Waals surface area (Å²) in [6.07, 6.45) is 9.21. The van der Waals surface area contributed by atoms with Crippen LogP contribution in [0.4, 0.5) is 0 Å². The fourth-order valence-corrected chi connectivity index (χ4v) is 5.54. The molecule has 0 saturated carbocycles. The summed E-state index contributed by atoms with van der Waals surface area (Å²) in [7, 11) is 0. The molecule has 5 aromatic rings. The molecule has 0 spiro atoms. The van der Waals surface area contributed by atoms with Crippen molar-refractivity contribution in [2.75, 3.05) is 0 Å². The average molecular weight is 392 g/mol. The van der Waals surface area contributed by atoms with Gasteiger partial charge in [0.1, 0.15) is 0 Å². The van der Waals surface area contributed by atoms with Gasteiger partial charge in [0.25, 0.3) is 0 Å². The first-order valence-corrected chi connectivity index (χ1v) is 10.9. The Labute approximate surface area is 174 Å². The molecule has 0 amide bonds. The third-order valence-corrected chi connectivity index (χ3v) is 7.06. The van der Waals surface area contributed by atoms with Gasteiger partial charge in [0.2, 0.25) is 0 Å². The van der Waals surface area contributed by atoms with Crippen molar-refractivity contribution >= 4 is 54.6 Å². The lowest BCUT2D eigenvalue weighted by Crippen LogP contribution is -2.01. The van der Waals surface area contributed by atoms with Gasteiger partial charge >= 0.3 is 0 Å². The molecule has 0 radical (unpaired) electrons. The molecule has 2 heteroatoms. The zero-order valence-corrected chi connectivity index (χ0v) is 17.3. The molecule has 0 fully saturated rings. The van der Waals surface area contributed by atoms with E-state index >= 15 is 0 Å². The number of hydrogen-bond acceptors (Lipinski definition) is 1. The predicted octanol–water partition coefficient (Wildman–Crippen LogP) is 8.06. The highest BCUT2D eigenvalue weighted by molar-refractivity contribution is 7.25. The molecule has 6 rings (SSSR count). The summed E-state index contributed by atoms with van der Waals surface area (Å²) < 4.78 is 5.10. The third kappa shape index (κ3) is 2.53. The van der Waals surface area contributed by atoms with E-state index in [-0.39, 0.29) is 5.41 Å². The Morgan fingerprint density at radius 2 is 1.45 bits per heavy atom. The Bertz CT molecular complexity index is 1470. The lowest BCUT2D eigenvalue weighted by atomic mass is 9.93. The van der Waals surface area contributed by atoms with Crippen LogP contribution in [0.1, 0.15) is 25.1 Å². The zero-order chi connectivity index (χ0) is 19.6. The van der Waals surface area contributed by atoms with E-state index in [9.17, 15) is 0 Å². The minimum atomic E-state index is 0.0559. The molecular formula is C27H21NS. The van der Waals surface area contributed by atoms with E-state index in [1.165, 1.54) is 48.0 Å². The maximum atomic E-state index is 2.41. The van der Waals surface area contributed by atoms with E-state index in [4.69, 9.17) is 0 Å². The summed E-state index contributed by atoms with van der Waals surface area (Å²) in [5, 5.41) is 3.99. The Morgan fingerprint density at radius 3 is 2.34 bits per heavy atom. The van der Waals surface area contributed by atoms with Crippen molar-refractivity contribution in [2.45, 2.75) is 13.8 Å². The molecule has 1 aliphatic carbocycles. The monoisotopic (exact) mass is 391 g/mol. The van der Waals surface area contributed by atoms with Crippen molar-refractivity contribution in [3.63, 3.8) is 0 Å². The smallest absolute Gasteiger partial charge is 0.0541 e. The lowest BCUT2D eigenvalue weighted by molar-refractivity contribution is 0.633. The van der Waals surface area contributed by atoms with Crippen LogP contribution in [-0.2, 0) is 0 Å². The van der Waals surface area contributed by atoms with E-state index < -0.39 is 0 Å². The first kappa shape index (κ1) is 16.8. The Morgan fingerprint density at radius 1 is 0.724 bits per heavy atom. The van der Waals surface area contributed by atoms with Crippen LogP contribution in [0.25, 0.3) is 48.9 Å². The largest absolute Gasteiger partial charge is 0.309 e. The number of hydrogen-bond donors (Lipinski definition) is 0. The van der Waals surface area contributed by atoms with Gasteiger partial charge in [0.05, 0.1) is 11.2 Å². The van der Waals surface area contributed by atoms with E-state index in [1.807, 2.05) is 11.3 Å². The third-order valence-electron chi connectivity index (χ3n) is 5.92. The molecule has 2 heterocycles. The van der Waals surface area contributed by atoms with Crippen molar-refractivity contribution in [2.24, 2.45) is 5.41 Å². The molecule has 140 valence electrons. The van der Waals surface area contributed by atoms with Gasteiger partial charge in [-0.05, 0) is 30.3 Å². The van der Waals surface area contributed by atoms with E-state index in [0.29, 0.717) is 0 Å². The highest BCUT2D eigenvalue weighted by Gasteiger charge is 2.20. The lowest BCUT2D eigenvalue weighted by Gasteiger charge is -2.13. The van der Waals surface area contributed by atoms with Crippen LogP contribution in [0.5, 0.6) is 0 Å². The van der Waals surface area contributed by atoms with Crippen LogP contribution in [0.3, 0.4) is 0 Å². The highest BCUT2D eigenvalue weighted by atomic mass is 32.1. The SMILES string of the molecule is CC1(C)C=Cc2c(n(-c3ccc4c(c3)sc3ccccc34)c3ccccc23)C=C1. The minimum Gasteiger partial charge on any atom is -0.309 e. The molecule has 0 unspecified atom stereocenters. The van der Waals surface area contributed by atoms with Crippen molar-refractivity contribution in [3.05, 3.63) is 90.1 Å². The van der Waals surface area contributed by atoms with Crippen molar-refractivity contribution in [1.82, 2.24) is 4.57 Å². The number of fused-ring (bicyclic) bond motifs is 6. The first-order valence-electron chi connectivity index (χ1n) is 10.0. The van der Waals surface area contributed by atoms with Crippen LogP contribution in [0.2, 0.25) is 0 Å². The van der Waals surface area contributed by atoms with Gasteiger partial charge in [-0.3, -0.25) is 0 Å².